The van der Waals surface area contributed by atoms with Gasteiger partial charge in [0.15, 0.2) is 0 Å². The van der Waals surface area contributed by atoms with Crippen LogP contribution in [-0.4, -0.2) is 33.4 Å². The number of aliphatic hydroxyl groups is 1. The monoisotopic (exact) mass is 111 g/mol. The van der Waals surface area contributed by atoms with Crippen molar-refractivity contribution < 1.29 is 5.11 Å². The molecule has 0 fully saturated rings. The summed E-state index contributed by atoms with van der Waals surface area (Å²) in [6, 6.07) is 0. The van der Waals surface area contributed by atoms with Crippen LogP contribution < -0.4 is 0 Å². The third kappa shape index (κ3) is 60.0. The van der Waals surface area contributed by atoms with E-state index >= 15 is 0 Å². The Morgan fingerprint density at radius 3 is 2.00 bits per heavy atom. The molecule has 37 valence electrons. The van der Waals surface area contributed by atoms with Crippen molar-refractivity contribution in [3.8, 4) is 0 Å². The van der Waals surface area contributed by atoms with Gasteiger partial charge in [-0.05, 0) is 13.0 Å². The Morgan fingerprint density at radius 2 is 2.00 bits per heavy atom. The second-order valence-electron chi connectivity index (χ2n) is 0.894. The van der Waals surface area contributed by atoms with E-state index in [0.717, 1.165) is 4.55 Å². The van der Waals surface area contributed by atoms with E-state index in [-0.39, 0.29) is 6.61 Å². The fraction of sp³-hybridized carbons (Fsp3) is 0.600. The molecule has 0 saturated heterocycles. The topological polar surface area (TPSA) is 20.2 Å². The molecule has 0 aromatic carbocycles. The SMILES string of the molecule is C=C[CH2][Mg+2].CCO. The Hall–Kier alpha value is 0.466. The Balaban J connectivity index is 0. The van der Waals surface area contributed by atoms with Crippen LogP contribution >= 0.6 is 0 Å². The van der Waals surface area contributed by atoms with Gasteiger partial charge in [-0.15, -0.1) is 0 Å². The highest BCUT2D eigenvalue weighted by Crippen LogP contribution is 1.61. The Labute approximate surface area is 57.9 Å². The third-order valence-electron chi connectivity index (χ3n) is 0.204. The first-order chi connectivity index (χ1) is 3.33. The van der Waals surface area contributed by atoms with Crippen molar-refractivity contribution >= 4 is 21.7 Å². The lowest BCUT2D eigenvalue weighted by Gasteiger charge is -1.52. The van der Waals surface area contributed by atoms with Crippen molar-refractivity contribution in [1.82, 2.24) is 0 Å². The van der Waals surface area contributed by atoms with E-state index in [9.17, 15) is 0 Å². The molecule has 0 atom stereocenters. The Bertz CT molecular complexity index is 29.3. The summed E-state index contributed by atoms with van der Waals surface area (Å²) in [4.78, 5) is 0. The minimum atomic E-state index is 0.250. The molecule has 0 aromatic heterocycles. The van der Waals surface area contributed by atoms with Gasteiger partial charge in [0.05, 0.1) is 0 Å². The van der Waals surface area contributed by atoms with Gasteiger partial charge in [0.2, 0.25) is 0 Å². The van der Waals surface area contributed by atoms with E-state index in [0.29, 0.717) is 0 Å². The predicted molar refractivity (Wildman–Crippen MR) is 33.5 cm³/mol. The van der Waals surface area contributed by atoms with Gasteiger partial charge in [0.25, 0.3) is 4.55 Å². The lowest BCUT2D eigenvalue weighted by atomic mass is 10.8. The molecule has 0 spiro atoms. The van der Waals surface area contributed by atoms with Crippen LogP contribution in [0.25, 0.3) is 0 Å². The highest BCUT2D eigenvalue weighted by molar-refractivity contribution is 6.09. The molecular weight excluding hydrogens is 100 g/mol. The largest absolute Gasteiger partial charge is 1.42 e. The van der Waals surface area contributed by atoms with E-state index in [1.165, 1.54) is 0 Å². The van der Waals surface area contributed by atoms with E-state index in [2.05, 4.69) is 6.58 Å². The average molecular weight is 111 g/mol. The van der Waals surface area contributed by atoms with Crippen molar-refractivity contribution in [3.05, 3.63) is 12.7 Å². The molecule has 0 unspecified atom stereocenters. The summed E-state index contributed by atoms with van der Waals surface area (Å²) in [5, 5.41) is 7.57. The van der Waals surface area contributed by atoms with Crippen molar-refractivity contribution in [2.24, 2.45) is 0 Å². The molecule has 2 heteroatoms. The molecule has 0 aliphatic rings. The van der Waals surface area contributed by atoms with Crippen molar-refractivity contribution in [2.45, 2.75) is 11.5 Å². The Morgan fingerprint density at radius 1 is 1.86 bits per heavy atom. The maximum atomic E-state index is 7.57. The summed E-state index contributed by atoms with van der Waals surface area (Å²) in [5.41, 5.74) is 0. The quantitative estimate of drug-likeness (QED) is 0.391. The number of aliphatic hydroxyl groups excluding tert-OH is 1. The highest BCUT2D eigenvalue weighted by Gasteiger charge is 2.16. The zero-order chi connectivity index (χ0) is 6.12. The van der Waals surface area contributed by atoms with E-state index in [1.54, 1.807) is 6.92 Å². The first kappa shape index (κ1) is 10.4. The molecule has 7 radical (unpaired) electrons. The van der Waals surface area contributed by atoms with Gasteiger partial charge in [0, 0.05) is 6.61 Å². The lowest BCUT2D eigenvalue weighted by molar-refractivity contribution is 0.318. The summed E-state index contributed by atoms with van der Waals surface area (Å²) in [6.45, 7) is 5.42. The van der Waals surface area contributed by atoms with Gasteiger partial charge in [-0.25, -0.2) is 0 Å². The smallest absolute Gasteiger partial charge is 0.397 e. The summed E-state index contributed by atoms with van der Waals surface area (Å²) >= 11 is 1.90. The van der Waals surface area contributed by atoms with Crippen LogP contribution in [0.5, 0.6) is 0 Å². The van der Waals surface area contributed by atoms with Gasteiger partial charge in [0.1, 0.15) is 0 Å². The minimum Gasteiger partial charge on any atom is -0.397 e. The van der Waals surface area contributed by atoms with Crippen LogP contribution in [0.4, 0.5) is 0 Å². The van der Waals surface area contributed by atoms with Crippen LogP contribution in [0, 0.1) is 0 Å². The van der Waals surface area contributed by atoms with E-state index < -0.39 is 0 Å². The number of rotatable bonds is 1. The predicted octanol–water partition coefficient (Wildman–Crippen LogP) is 0.758. The van der Waals surface area contributed by atoms with Gasteiger partial charge >= 0.3 is 21.7 Å². The average Bonchev–Trinajstić information content (AvgIpc) is 1.69. The second-order valence-corrected chi connectivity index (χ2v) is 1.47. The molecule has 0 aliphatic heterocycles. The molecule has 1 N–H and O–H groups in total. The van der Waals surface area contributed by atoms with Crippen LogP contribution in [0.3, 0.4) is 0 Å². The first-order valence-electron chi connectivity index (χ1n) is 2.34. The zero-order valence-corrected chi connectivity index (χ0v) is 6.27. The molecule has 0 aliphatic carbocycles. The Kier molecular flexibility index (Phi) is 24.0. The highest BCUT2D eigenvalue weighted by atomic mass is 24.4. The maximum absolute atomic E-state index is 7.57. The second kappa shape index (κ2) is 16.1. The normalized spacial score (nSPS) is 6.14. The third-order valence-corrected chi connectivity index (χ3v) is 0.612. The molecule has 0 saturated carbocycles. The maximum Gasteiger partial charge on any atom is 1.42 e. The van der Waals surface area contributed by atoms with Gasteiger partial charge in [-0.3, -0.25) is 0 Å². The molecule has 7 heavy (non-hydrogen) atoms. The number of allylic oxidation sites excluding steroid dienone is 1. The summed E-state index contributed by atoms with van der Waals surface area (Å²) in [6.07, 6.45) is 1.89. The molecule has 0 heterocycles. The molecular formula is C5H11MgO+2. The van der Waals surface area contributed by atoms with Crippen molar-refractivity contribution in [3.63, 3.8) is 0 Å². The van der Waals surface area contributed by atoms with Crippen molar-refractivity contribution in [2.75, 3.05) is 6.61 Å². The van der Waals surface area contributed by atoms with Gasteiger partial charge in [-0.1, -0.05) is 6.58 Å². The molecule has 0 amide bonds. The summed E-state index contributed by atoms with van der Waals surface area (Å²) in [5.74, 6) is 0. The number of hydrogen-bond donors (Lipinski definition) is 1. The summed E-state index contributed by atoms with van der Waals surface area (Å²) in [7, 11) is 0. The molecule has 0 rings (SSSR count). The van der Waals surface area contributed by atoms with Crippen molar-refractivity contribution in [1.29, 1.82) is 0 Å². The van der Waals surface area contributed by atoms with Gasteiger partial charge < -0.3 is 5.11 Å². The minimum absolute atomic E-state index is 0.250. The van der Waals surface area contributed by atoms with E-state index in [4.69, 9.17) is 5.11 Å². The first-order valence-corrected chi connectivity index (χ1v) is 3.34. The fourth-order valence-corrected chi connectivity index (χ4v) is 0. The van der Waals surface area contributed by atoms with Gasteiger partial charge in [-0.2, -0.15) is 0 Å². The van der Waals surface area contributed by atoms with Crippen LogP contribution in [0.1, 0.15) is 6.92 Å². The molecule has 0 bridgehead atoms. The van der Waals surface area contributed by atoms with Crippen LogP contribution in [0.2, 0.25) is 4.55 Å². The van der Waals surface area contributed by atoms with E-state index in [1.807, 2.05) is 27.8 Å². The molecule has 0 aromatic rings. The van der Waals surface area contributed by atoms with Crippen LogP contribution in [0.15, 0.2) is 12.7 Å². The van der Waals surface area contributed by atoms with Crippen LogP contribution in [-0.2, 0) is 0 Å². The lowest BCUT2D eigenvalue weighted by Crippen LogP contribution is -1.57. The fourth-order valence-electron chi connectivity index (χ4n) is 0. The summed E-state index contributed by atoms with van der Waals surface area (Å²) < 4.78 is 1.11. The number of hydrogen-bond acceptors (Lipinski definition) is 1. The molecule has 1 nitrogen and oxygen atoms in total. The standard InChI is InChI=1S/C3H5.C2H6O.Mg/c1-3-2;1-2-3;/h3H,1-2H2;3H,2H2,1H3;/q;;+2. The zero-order valence-electron chi connectivity index (χ0n) is 4.85.